The predicted molar refractivity (Wildman–Crippen MR) is 55.0 cm³/mol. The van der Waals surface area contributed by atoms with Crippen molar-refractivity contribution in [1.29, 1.82) is 0 Å². The summed E-state index contributed by atoms with van der Waals surface area (Å²) in [6.45, 7) is 1.05. The second-order valence-corrected chi connectivity index (χ2v) is 4.04. The maximum atomic E-state index is 11.0. The van der Waals surface area contributed by atoms with Gasteiger partial charge in [-0.1, -0.05) is 0 Å². The van der Waals surface area contributed by atoms with Crippen molar-refractivity contribution in [2.24, 2.45) is 0 Å². The van der Waals surface area contributed by atoms with Gasteiger partial charge in [-0.3, -0.25) is 0 Å². The van der Waals surface area contributed by atoms with Crippen molar-refractivity contribution in [3.63, 3.8) is 0 Å². The molecular weight excluding hydrogens is 198 g/mol. The van der Waals surface area contributed by atoms with E-state index in [0.29, 0.717) is 11.1 Å². The van der Waals surface area contributed by atoms with Crippen molar-refractivity contribution in [3.05, 3.63) is 12.2 Å². The van der Waals surface area contributed by atoms with Gasteiger partial charge >= 0.3 is 11.9 Å². The molecule has 0 N–H and O–H groups in total. The topological polar surface area (TPSA) is 52.6 Å². The van der Waals surface area contributed by atoms with Crippen molar-refractivity contribution in [2.45, 2.75) is 0 Å². The largest absolute Gasteiger partial charge is 0.466 e. The minimum Gasteiger partial charge on any atom is -0.466 e. The Kier molecular flexibility index (Phi) is 5.62. The molecule has 0 unspecified atom stereocenters. The highest BCUT2D eigenvalue weighted by atomic mass is 16.5. The summed E-state index contributed by atoms with van der Waals surface area (Å²) in [4.78, 5) is 21.7. The van der Waals surface area contributed by atoms with E-state index in [4.69, 9.17) is 4.74 Å². The monoisotopic (exact) mass is 216 g/mol. The van der Waals surface area contributed by atoms with Crippen LogP contribution in [0.15, 0.2) is 12.2 Å². The molecule has 0 radical (unpaired) electrons. The van der Waals surface area contributed by atoms with Crippen LogP contribution in [0.1, 0.15) is 0 Å². The minimum absolute atomic E-state index is 0.327. The van der Waals surface area contributed by atoms with E-state index in [1.54, 1.807) is 0 Å². The van der Waals surface area contributed by atoms with E-state index in [0.717, 1.165) is 18.7 Å². The second-order valence-electron chi connectivity index (χ2n) is 4.04. The molecule has 0 bridgehead atoms. The van der Waals surface area contributed by atoms with Crippen molar-refractivity contribution >= 4 is 11.9 Å². The first-order valence-corrected chi connectivity index (χ1v) is 4.58. The van der Waals surface area contributed by atoms with Gasteiger partial charge in [0.15, 0.2) is 0 Å². The Morgan fingerprint density at radius 2 is 1.67 bits per heavy atom. The van der Waals surface area contributed by atoms with E-state index < -0.39 is 11.9 Å². The number of esters is 2. The summed E-state index contributed by atoms with van der Waals surface area (Å²) in [5, 5.41) is 0. The number of hydrogen-bond donors (Lipinski definition) is 0. The Morgan fingerprint density at radius 3 is 2.13 bits per heavy atom. The Morgan fingerprint density at radius 1 is 1.13 bits per heavy atom. The third-order valence-electron chi connectivity index (χ3n) is 1.56. The zero-order valence-electron chi connectivity index (χ0n) is 9.65. The van der Waals surface area contributed by atoms with E-state index in [-0.39, 0.29) is 0 Å². The van der Waals surface area contributed by atoms with Gasteiger partial charge < -0.3 is 14.0 Å². The summed E-state index contributed by atoms with van der Waals surface area (Å²) in [5.41, 5.74) is 0. The molecule has 0 aromatic carbocycles. The predicted octanol–water partition coefficient (Wildman–Crippen LogP) is -0.0350. The molecule has 86 valence electrons. The van der Waals surface area contributed by atoms with E-state index in [1.165, 1.54) is 7.11 Å². The maximum absolute atomic E-state index is 11.0. The third-order valence-corrected chi connectivity index (χ3v) is 1.56. The van der Waals surface area contributed by atoms with Gasteiger partial charge in [0.2, 0.25) is 0 Å². The molecule has 15 heavy (non-hydrogen) atoms. The van der Waals surface area contributed by atoms with Gasteiger partial charge in [-0.15, -0.1) is 0 Å². The van der Waals surface area contributed by atoms with Crippen molar-refractivity contribution in [1.82, 2.24) is 0 Å². The van der Waals surface area contributed by atoms with E-state index in [2.05, 4.69) is 4.74 Å². The van der Waals surface area contributed by atoms with Gasteiger partial charge in [-0.05, 0) is 0 Å². The fourth-order valence-electron chi connectivity index (χ4n) is 0.672. The number of nitrogens with zero attached hydrogens (tertiary/aromatic N) is 1. The standard InChI is InChI=1S/C10H18NO4/c1-11(2,3)7-8-15-10(13)6-5-9(12)14-4/h5-6H,7-8H2,1-4H3/q+1/b6-5+. The Labute approximate surface area is 89.9 Å². The van der Waals surface area contributed by atoms with Gasteiger partial charge in [0.1, 0.15) is 13.2 Å². The number of quaternary nitrogens is 1. The zero-order chi connectivity index (χ0) is 11.9. The van der Waals surface area contributed by atoms with Gasteiger partial charge in [0, 0.05) is 12.2 Å². The first-order chi connectivity index (χ1) is 6.85. The quantitative estimate of drug-likeness (QED) is 0.368. The highest BCUT2D eigenvalue weighted by Crippen LogP contribution is 1.91. The van der Waals surface area contributed by atoms with Crippen LogP contribution < -0.4 is 0 Å². The number of likely N-dealkylation sites (N-methyl/N-ethyl adjacent to an activating group) is 1. The average Bonchev–Trinajstić information content (AvgIpc) is 2.12. The fraction of sp³-hybridized carbons (Fsp3) is 0.600. The van der Waals surface area contributed by atoms with E-state index in [1.807, 2.05) is 21.1 Å². The molecule has 0 aliphatic heterocycles. The summed E-state index contributed by atoms with van der Waals surface area (Å²) >= 11 is 0. The summed E-state index contributed by atoms with van der Waals surface area (Å²) in [7, 11) is 7.24. The maximum Gasteiger partial charge on any atom is 0.331 e. The number of carbonyl (C=O) groups excluding carboxylic acids is 2. The lowest BCUT2D eigenvalue weighted by Crippen LogP contribution is -2.37. The molecule has 0 rings (SSSR count). The zero-order valence-corrected chi connectivity index (χ0v) is 9.65. The third kappa shape index (κ3) is 8.96. The molecule has 0 saturated heterocycles. The molecule has 0 saturated carbocycles. The van der Waals surface area contributed by atoms with Crippen LogP contribution in [0.4, 0.5) is 0 Å². The molecule has 0 aliphatic rings. The van der Waals surface area contributed by atoms with Crippen LogP contribution in [-0.2, 0) is 19.1 Å². The van der Waals surface area contributed by atoms with Crippen molar-refractivity contribution in [2.75, 3.05) is 41.4 Å². The smallest absolute Gasteiger partial charge is 0.331 e. The second kappa shape index (κ2) is 6.19. The van der Waals surface area contributed by atoms with Gasteiger partial charge in [0.25, 0.3) is 0 Å². The van der Waals surface area contributed by atoms with Crippen LogP contribution in [0.3, 0.4) is 0 Å². The number of hydrogen-bond acceptors (Lipinski definition) is 4. The van der Waals surface area contributed by atoms with Gasteiger partial charge in [0.05, 0.1) is 28.3 Å². The van der Waals surface area contributed by atoms with Crippen LogP contribution in [0, 0.1) is 0 Å². The molecule has 0 spiro atoms. The first-order valence-electron chi connectivity index (χ1n) is 4.58. The minimum atomic E-state index is -0.571. The number of rotatable bonds is 5. The van der Waals surface area contributed by atoms with Gasteiger partial charge in [-0.25, -0.2) is 9.59 Å². The molecule has 5 heteroatoms. The molecule has 0 heterocycles. The fourth-order valence-corrected chi connectivity index (χ4v) is 0.672. The summed E-state index contributed by atoms with van der Waals surface area (Å²) in [5.74, 6) is -1.10. The molecule has 0 aliphatic carbocycles. The normalized spacial score (nSPS) is 11.5. The van der Waals surface area contributed by atoms with Crippen LogP contribution >= 0.6 is 0 Å². The average molecular weight is 216 g/mol. The van der Waals surface area contributed by atoms with Crippen molar-refractivity contribution < 1.29 is 23.5 Å². The summed E-state index contributed by atoms with van der Waals surface area (Å²) in [6.07, 6.45) is 2.09. The summed E-state index contributed by atoms with van der Waals surface area (Å²) in [6, 6.07) is 0. The van der Waals surface area contributed by atoms with Crippen LogP contribution in [0.25, 0.3) is 0 Å². The number of ether oxygens (including phenoxy) is 2. The SMILES string of the molecule is COC(=O)/C=C/C(=O)OCC[N+](C)(C)C. The van der Waals surface area contributed by atoms with E-state index in [9.17, 15) is 9.59 Å². The molecular formula is C10H18NO4+. The van der Waals surface area contributed by atoms with Crippen molar-refractivity contribution in [3.8, 4) is 0 Å². The highest BCUT2D eigenvalue weighted by Gasteiger charge is 2.07. The lowest BCUT2D eigenvalue weighted by molar-refractivity contribution is -0.870. The summed E-state index contributed by atoms with van der Waals surface area (Å²) < 4.78 is 9.90. The van der Waals surface area contributed by atoms with Crippen LogP contribution in [-0.4, -0.2) is 57.8 Å². The van der Waals surface area contributed by atoms with E-state index >= 15 is 0 Å². The molecule has 5 nitrogen and oxygen atoms in total. The van der Waals surface area contributed by atoms with Gasteiger partial charge in [-0.2, -0.15) is 0 Å². The highest BCUT2D eigenvalue weighted by molar-refractivity contribution is 5.91. The Bertz CT molecular complexity index is 253. The molecule has 0 amide bonds. The molecule has 0 fully saturated rings. The first kappa shape index (κ1) is 13.6. The lowest BCUT2D eigenvalue weighted by Gasteiger charge is -2.23. The molecule has 0 atom stereocenters. The van der Waals surface area contributed by atoms with Crippen LogP contribution in [0.5, 0.6) is 0 Å². The Hall–Kier alpha value is -1.36. The number of methoxy groups -OCH3 is 1. The number of carbonyl (C=O) groups is 2. The van der Waals surface area contributed by atoms with Crippen LogP contribution in [0.2, 0.25) is 0 Å². The molecule has 0 aromatic heterocycles. The Balaban J connectivity index is 3.76. The molecule has 0 aromatic rings. The lowest BCUT2D eigenvalue weighted by atomic mass is 10.5.